The van der Waals surface area contributed by atoms with Crippen molar-refractivity contribution in [3.05, 3.63) is 71.3 Å². The van der Waals surface area contributed by atoms with Crippen molar-refractivity contribution in [2.75, 3.05) is 90.7 Å². The predicted molar refractivity (Wildman–Crippen MR) is 235 cm³/mol. The molecule has 2 heterocycles. The van der Waals surface area contributed by atoms with Crippen molar-refractivity contribution in [3.8, 4) is 0 Å². The second-order valence-electron chi connectivity index (χ2n) is 14.5. The van der Waals surface area contributed by atoms with Crippen LogP contribution in [-0.2, 0) is 72.6 Å². The first-order valence-corrected chi connectivity index (χ1v) is 22.9. The number of ether oxygens (including phenoxy) is 7. The molecule has 0 aliphatic heterocycles. The summed E-state index contributed by atoms with van der Waals surface area (Å²) in [6.07, 6.45) is 6.75. The van der Waals surface area contributed by atoms with Crippen molar-refractivity contribution in [2.45, 2.75) is 70.8 Å². The Morgan fingerprint density at radius 1 is 0.818 bits per heavy atom. The summed E-state index contributed by atoms with van der Waals surface area (Å²) in [6, 6.07) is 11.6. The third-order valence-corrected chi connectivity index (χ3v) is 10.2. The van der Waals surface area contributed by atoms with Crippen LogP contribution >= 0.6 is 7.82 Å². The molecule has 0 saturated carbocycles. The third-order valence-electron chi connectivity index (χ3n) is 9.25. The van der Waals surface area contributed by atoms with Gasteiger partial charge in [0.2, 0.25) is 0 Å². The molecule has 0 aliphatic rings. The number of rotatable bonds is 38. The van der Waals surface area contributed by atoms with Crippen LogP contribution in [0.5, 0.6) is 0 Å². The summed E-state index contributed by atoms with van der Waals surface area (Å²) in [5.41, 5.74) is 4.36. The molecule has 0 spiro atoms. The van der Waals surface area contributed by atoms with Crippen molar-refractivity contribution >= 4 is 50.5 Å². The zero-order chi connectivity index (χ0) is 47.8. The molecule has 66 heavy (non-hydrogen) atoms. The molecule has 0 amide bonds. The van der Waals surface area contributed by atoms with Gasteiger partial charge in [-0.1, -0.05) is 42.5 Å². The number of carbonyl (C=O) groups is 4. The molecule has 3 rings (SSSR count). The molecule has 4 unspecified atom stereocenters. The Labute approximate surface area is 383 Å². The van der Waals surface area contributed by atoms with Crippen LogP contribution in [0.4, 0.5) is 5.69 Å². The highest BCUT2D eigenvalue weighted by Gasteiger charge is 2.24. The Morgan fingerprint density at radius 2 is 1.52 bits per heavy atom. The Kier molecular flexibility index (Phi) is 27.2. The van der Waals surface area contributed by atoms with E-state index in [1.165, 1.54) is 4.68 Å². The number of esters is 2. The maximum absolute atomic E-state index is 12.3. The van der Waals surface area contributed by atoms with Gasteiger partial charge in [0.25, 0.3) is 12.9 Å². The molecule has 23 heteroatoms. The van der Waals surface area contributed by atoms with Gasteiger partial charge >= 0.3 is 19.8 Å². The smallest absolute Gasteiger partial charge is 0.464 e. The van der Waals surface area contributed by atoms with E-state index in [9.17, 15) is 38.8 Å². The monoisotopic (exact) mass is 951 g/mol. The summed E-state index contributed by atoms with van der Waals surface area (Å²) in [4.78, 5) is 61.2. The third kappa shape index (κ3) is 23.9. The number of aryl methyl sites for hydroxylation is 1. The van der Waals surface area contributed by atoms with Crippen molar-refractivity contribution in [1.29, 1.82) is 0 Å². The lowest BCUT2D eigenvalue weighted by molar-refractivity contribution is -0.145. The van der Waals surface area contributed by atoms with Crippen molar-refractivity contribution in [2.24, 2.45) is 0 Å². The van der Waals surface area contributed by atoms with Crippen molar-refractivity contribution in [3.63, 3.8) is 0 Å². The molecule has 22 nitrogen and oxygen atoms in total. The number of aliphatic hydroxyl groups excluding tert-OH is 2. The minimum Gasteiger partial charge on any atom is -0.464 e. The highest BCUT2D eigenvalue weighted by Crippen LogP contribution is 2.43. The molecule has 3 N–H and O–H groups in total. The largest absolute Gasteiger partial charge is 0.472 e. The van der Waals surface area contributed by atoms with Gasteiger partial charge in [0.1, 0.15) is 25.5 Å². The van der Waals surface area contributed by atoms with Gasteiger partial charge in [0, 0.05) is 50.1 Å². The second-order valence-corrected chi connectivity index (χ2v) is 15.9. The topological polar surface area (TPSA) is 276 Å². The molecule has 366 valence electrons. The number of aromatic nitrogens is 4. The van der Waals surface area contributed by atoms with Gasteiger partial charge in [-0.05, 0) is 55.5 Å². The van der Waals surface area contributed by atoms with Crippen LogP contribution in [0.2, 0.25) is 0 Å². The molecular weight excluding hydrogens is 889 g/mol. The fraction of sp³-hybridized carbons (Fsp3) is 0.558. The van der Waals surface area contributed by atoms with E-state index in [-0.39, 0.29) is 91.7 Å². The Hall–Kier alpha value is -5.16. The number of phosphoric acid groups is 1. The first-order chi connectivity index (χ1) is 31.9. The minimum absolute atomic E-state index is 0.0409. The lowest BCUT2D eigenvalue weighted by Crippen LogP contribution is -2.32. The van der Waals surface area contributed by atoms with E-state index in [1.807, 2.05) is 68.6 Å². The lowest BCUT2D eigenvalue weighted by atomic mass is 10.1. The number of anilines is 1. The van der Waals surface area contributed by atoms with E-state index >= 15 is 0 Å². The average Bonchev–Trinajstić information content (AvgIpc) is 3.79. The van der Waals surface area contributed by atoms with E-state index in [0.717, 1.165) is 22.5 Å². The standard InChI is InChI=1S/C43H62N5O17P/c1-3-40(52)29-59-21-17-47(38-14-12-35(13-15-38)10-11-36-9-8-34(2)44-24-36)16-20-58-28-39(26-49)48-25-37(45-46-48)27-62-43(54)6-4-18-57-22-23-61-42(53)7-5-19-64-66(55,56)65-31-41(63-33-51)30-60-32-50/h8-15,24-25,32-33,39-41,49,52H,3-7,16-23,26-31H2,1-2H3,(H,55,56)/b11-10+. The highest BCUT2D eigenvalue weighted by molar-refractivity contribution is 7.47. The van der Waals surface area contributed by atoms with Crippen molar-refractivity contribution in [1.82, 2.24) is 20.0 Å². The number of pyridine rings is 1. The molecule has 0 aliphatic carbocycles. The Bertz CT molecular complexity index is 1900. The summed E-state index contributed by atoms with van der Waals surface area (Å²) in [6.45, 7) is 4.83. The summed E-state index contributed by atoms with van der Waals surface area (Å²) in [5, 5.41) is 28.1. The number of hydrogen-bond donors (Lipinski definition) is 3. The molecule has 1 aromatic carbocycles. The molecular formula is C43H62N5O17P. The van der Waals surface area contributed by atoms with Gasteiger partial charge in [0.05, 0.1) is 71.2 Å². The van der Waals surface area contributed by atoms with Crippen LogP contribution in [-0.4, -0.2) is 158 Å². The minimum atomic E-state index is -4.53. The van der Waals surface area contributed by atoms with Gasteiger partial charge in [-0.15, -0.1) is 5.10 Å². The van der Waals surface area contributed by atoms with E-state index in [2.05, 4.69) is 29.7 Å². The Morgan fingerprint density at radius 3 is 2.20 bits per heavy atom. The number of phosphoric ester groups is 1. The molecule has 0 fully saturated rings. The molecule has 3 aromatic rings. The van der Waals surface area contributed by atoms with Crippen LogP contribution in [0.3, 0.4) is 0 Å². The summed E-state index contributed by atoms with van der Waals surface area (Å²) in [7, 11) is -4.53. The van der Waals surface area contributed by atoms with E-state index in [0.29, 0.717) is 44.8 Å². The quantitative estimate of drug-likeness (QED) is 0.0245. The zero-order valence-corrected chi connectivity index (χ0v) is 38.2. The number of carbonyl (C=O) groups excluding carboxylic acids is 4. The molecule has 4 atom stereocenters. The molecule has 0 saturated heterocycles. The second kappa shape index (κ2) is 32.5. The van der Waals surface area contributed by atoms with Crippen LogP contribution < -0.4 is 4.90 Å². The average molecular weight is 952 g/mol. The van der Waals surface area contributed by atoms with Crippen LogP contribution in [0.1, 0.15) is 67.6 Å². The maximum Gasteiger partial charge on any atom is 0.472 e. The first-order valence-electron chi connectivity index (χ1n) is 21.4. The predicted octanol–water partition coefficient (Wildman–Crippen LogP) is 3.01. The normalized spacial score (nSPS) is 13.7. The van der Waals surface area contributed by atoms with Crippen LogP contribution in [0.25, 0.3) is 12.2 Å². The van der Waals surface area contributed by atoms with E-state index in [1.54, 1.807) is 6.20 Å². The number of benzene rings is 1. The van der Waals surface area contributed by atoms with E-state index in [4.69, 9.17) is 32.7 Å². The molecule has 2 aromatic heterocycles. The van der Waals surface area contributed by atoms with E-state index < -0.39 is 44.6 Å². The van der Waals surface area contributed by atoms with Crippen LogP contribution in [0, 0.1) is 6.92 Å². The fourth-order valence-electron chi connectivity index (χ4n) is 5.51. The van der Waals surface area contributed by atoms with Crippen LogP contribution in [0.15, 0.2) is 48.8 Å². The van der Waals surface area contributed by atoms with Gasteiger partial charge in [-0.3, -0.25) is 33.2 Å². The van der Waals surface area contributed by atoms with Gasteiger partial charge in [-0.2, -0.15) is 0 Å². The number of nitrogens with zero attached hydrogens (tertiary/aromatic N) is 5. The summed E-state index contributed by atoms with van der Waals surface area (Å²) >= 11 is 0. The highest BCUT2D eigenvalue weighted by atomic mass is 31.2. The number of hydrogen-bond acceptors (Lipinski definition) is 20. The molecule has 0 bridgehead atoms. The number of aliphatic hydroxyl groups is 2. The Balaban J connectivity index is 1.29. The van der Waals surface area contributed by atoms with Gasteiger partial charge in [0.15, 0.2) is 6.10 Å². The lowest BCUT2D eigenvalue weighted by Gasteiger charge is -2.25. The summed E-state index contributed by atoms with van der Waals surface area (Å²) < 4.78 is 59.3. The zero-order valence-electron chi connectivity index (χ0n) is 37.3. The SMILES string of the molecule is CCC(O)COCCN(CCOCC(CO)n1cc(COC(=O)CCCOCCOC(=O)CCCOP(=O)(O)OCC(COC=O)OC=O)nn1)c1ccc(/C=C/c2ccc(C)nc2)cc1. The fourth-order valence-corrected chi connectivity index (χ4v) is 6.30. The molecule has 0 radical (unpaired) electrons. The van der Waals surface area contributed by atoms with Crippen molar-refractivity contribution < 1.29 is 81.1 Å². The first kappa shape index (κ1) is 55.2. The summed E-state index contributed by atoms with van der Waals surface area (Å²) in [5.74, 6) is -1.07. The van der Waals surface area contributed by atoms with Gasteiger partial charge < -0.3 is 53.2 Å². The van der Waals surface area contributed by atoms with Gasteiger partial charge in [-0.25, -0.2) is 9.25 Å². The maximum atomic E-state index is 12.3.